The fourth-order valence-electron chi connectivity index (χ4n) is 4.42. The lowest BCUT2D eigenvalue weighted by Crippen LogP contribution is -1.96. The first-order chi connectivity index (χ1) is 14.4. The Morgan fingerprint density at radius 2 is 1.33 bits per heavy atom. The van der Waals surface area contributed by atoms with Gasteiger partial charge in [0.1, 0.15) is 4.70 Å². The molecule has 1 nitrogen and oxygen atoms in total. The van der Waals surface area contributed by atoms with Gasteiger partial charge in [-0.2, -0.15) is 0 Å². The minimum absolute atomic E-state index is 0.997. The molecule has 1 atom stereocenters. The molecule has 0 aliphatic carbocycles. The van der Waals surface area contributed by atoms with Crippen LogP contribution in [-0.4, -0.2) is 0 Å². The molecule has 0 radical (unpaired) electrons. The Kier molecular flexibility index (Phi) is 4.26. The Balaban J connectivity index is 1.73. The van der Waals surface area contributed by atoms with Gasteiger partial charge >= 0.3 is 7.80 Å². The highest BCUT2D eigenvalue weighted by Crippen LogP contribution is 2.55. The normalized spacial score (nSPS) is 13.9. The van der Waals surface area contributed by atoms with Gasteiger partial charge in [-0.25, -0.2) is 0 Å². The van der Waals surface area contributed by atoms with Gasteiger partial charge in [0, 0.05) is 35.5 Å². The van der Waals surface area contributed by atoms with Gasteiger partial charge in [0.15, 0.2) is 0 Å². The minimum Gasteiger partial charge on any atom is -0.145 e. The summed E-state index contributed by atoms with van der Waals surface area (Å²) in [6.45, 7) is 8.81. The molecular formula is C24H18OPS4+. The Hall–Kier alpha value is -1.62. The molecule has 4 aromatic heterocycles. The first-order valence-electron chi connectivity index (χ1n) is 9.74. The third kappa shape index (κ3) is 2.57. The average Bonchev–Trinajstić information content (AvgIpc) is 3.46. The maximum Gasteiger partial charge on any atom is 0.419 e. The summed E-state index contributed by atoms with van der Waals surface area (Å²) in [5.41, 5.74) is 5.18. The van der Waals surface area contributed by atoms with Crippen LogP contribution in [0.2, 0.25) is 0 Å². The zero-order chi connectivity index (χ0) is 20.7. The first kappa shape index (κ1) is 19.1. The largest absolute Gasteiger partial charge is 0.419 e. The summed E-state index contributed by atoms with van der Waals surface area (Å²) >= 11 is 7.40. The first-order valence-corrected chi connectivity index (χ1v) is 14.3. The number of aryl methyl sites for hydroxylation is 4. The van der Waals surface area contributed by atoms with E-state index in [-0.39, 0.29) is 0 Å². The lowest BCUT2D eigenvalue weighted by atomic mass is 10.0. The molecule has 6 rings (SSSR count). The summed E-state index contributed by atoms with van der Waals surface area (Å²) in [6.07, 6.45) is 0. The molecule has 1 aromatic carbocycles. The van der Waals surface area contributed by atoms with Crippen LogP contribution in [0.15, 0.2) is 36.4 Å². The highest BCUT2D eigenvalue weighted by molar-refractivity contribution is 7.66. The zero-order valence-corrected chi connectivity index (χ0v) is 21.1. The second kappa shape index (κ2) is 6.69. The number of benzene rings is 1. The van der Waals surface area contributed by atoms with Crippen LogP contribution in [0.5, 0.6) is 0 Å². The van der Waals surface area contributed by atoms with E-state index in [1.54, 1.807) is 0 Å². The molecule has 1 aliphatic rings. The number of fused-ring (bicyclic) bond motifs is 5. The van der Waals surface area contributed by atoms with Gasteiger partial charge in [-0.3, -0.25) is 0 Å². The Morgan fingerprint density at radius 3 is 2.00 bits per heavy atom. The third-order valence-corrected chi connectivity index (χ3v) is 12.2. The molecule has 6 heteroatoms. The van der Waals surface area contributed by atoms with E-state index < -0.39 is 7.80 Å². The van der Waals surface area contributed by atoms with Crippen LogP contribution in [0.1, 0.15) is 19.5 Å². The lowest BCUT2D eigenvalue weighted by molar-refractivity contribution is 0.598. The van der Waals surface area contributed by atoms with E-state index in [1.807, 2.05) is 57.5 Å². The van der Waals surface area contributed by atoms with Crippen LogP contribution in [-0.2, 0) is 4.57 Å². The quantitative estimate of drug-likeness (QED) is 0.227. The Labute approximate surface area is 192 Å². The van der Waals surface area contributed by atoms with E-state index in [0.717, 1.165) is 16.2 Å². The summed E-state index contributed by atoms with van der Waals surface area (Å²) in [6, 6.07) is 12.9. The fraction of sp³-hybridized carbons (Fsp3) is 0.167. The second-order valence-electron chi connectivity index (χ2n) is 7.71. The van der Waals surface area contributed by atoms with Crippen molar-refractivity contribution in [1.29, 1.82) is 0 Å². The smallest absolute Gasteiger partial charge is 0.145 e. The molecule has 1 aliphatic heterocycles. The monoisotopic (exact) mass is 481 g/mol. The molecule has 1 unspecified atom stereocenters. The van der Waals surface area contributed by atoms with Crippen LogP contribution in [0.25, 0.3) is 41.4 Å². The summed E-state index contributed by atoms with van der Waals surface area (Å²) in [7, 11) is -1.53. The van der Waals surface area contributed by atoms with Crippen molar-refractivity contribution in [1.82, 2.24) is 0 Å². The van der Waals surface area contributed by atoms with Gasteiger partial charge in [0.05, 0.1) is 15.1 Å². The minimum atomic E-state index is -1.53. The Bertz CT molecular complexity index is 1510. The van der Waals surface area contributed by atoms with Gasteiger partial charge in [-0.05, 0) is 57.5 Å². The molecule has 0 bridgehead atoms. The molecule has 0 amide bonds. The van der Waals surface area contributed by atoms with Crippen LogP contribution in [0.3, 0.4) is 0 Å². The van der Waals surface area contributed by atoms with Gasteiger partial charge in [0.2, 0.25) is 10.6 Å². The molecule has 5 heterocycles. The molecule has 30 heavy (non-hydrogen) atoms. The summed E-state index contributed by atoms with van der Waals surface area (Å²) in [5, 5.41) is 2.06. The molecular weight excluding hydrogens is 464 g/mol. The molecule has 0 saturated heterocycles. The van der Waals surface area contributed by atoms with Crippen molar-refractivity contribution in [3.63, 3.8) is 0 Å². The topological polar surface area (TPSA) is 17.1 Å². The van der Waals surface area contributed by atoms with Crippen molar-refractivity contribution in [2.75, 3.05) is 0 Å². The molecule has 5 aromatic rings. The van der Waals surface area contributed by atoms with Crippen molar-refractivity contribution in [2.45, 2.75) is 27.7 Å². The van der Waals surface area contributed by atoms with Crippen LogP contribution < -0.4 is 10.6 Å². The molecule has 0 N–H and O–H groups in total. The predicted octanol–water partition coefficient (Wildman–Crippen LogP) is 8.41. The zero-order valence-electron chi connectivity index (χ0n) is 17.0. The van der Waals surface area contributed by atoms with Crippen LogP contribution in [0.4, 0.5) is 0 Å². The molecule has 148 valence electrons. The molecule has 0 saturated carbocycles. The summed E-state index contributed by atoms with van der Waals surface area (Å²) < 4.78 is 16.0. The average molecular weight is 482 g/mol. The van der Waals surface area contributed by atoms with Crippen LogP contribution >= 0.6 is 53.1 Å². The van der Waals surface area contributed by atoms with Gasteiger partial charge in [-0.15, -0.1) is 45.3 Å². The van der Waals surface area contributed by atoms with Crippen molar-refractivity contribution < 1.29 is 4.57 Å². The highest BCUT2D eigenvalue weighted by atomic mass is 32.1. The maximum absolute atomic E-state index is 13.5. The molecule has 0 spiro atoms. The van der Waals surface area contributed by atoms with Gasteiger partial charge < -0.3 is 0 Å². The Morgan fingerprint density at radius 1 is 0.700 bits per heavy atom. The highest BCUT2D eigenvalue weighted by Gasteiger charge is 2.44. The fourth-order valence-corrected chi connectivity index (χ4v) is 11.6. The second-order valence-corrected chi connectivity index (χ2v) is 14.2. The SMILES string of the molecule is Cc1cc(-c2sc3c4c(sc3c2-c2cc(C)sc2C)-c2ccccc2[P+]4=O)c(C)s1. The van der Waals surface area contributed by atoms with Crippen molar-refractivity contribution in [3.8, 4) is 32.0 Å². The van der Waals surface area contributed by atoms with E-state index in [4.69, 9.17) is 0 Å². The molecule has 0 fully saturated rings. The lowest BCUT2D eigenvalue weighted by Gasteiger charge is -2.04. The van der Waals surface area contributed by atoms with E-state index >= 15 is 0 Å². The van der Waals surface area contributed by atoms with Crippen LogP contribution in [0, 0.1) is 27.7 Å². The van der Waals surface area contributed by atoms with E-state index in [0.29, 0.717) is 0 Å². The van der Waals surface area contributed by atoms with Gasteiger partial charge in [-0.1, -0.05) is 16.7 Å². The number of hydrogen-bond acceptors (Lipinski definition) is 5. The predicted molar refractivity (Wildman–Crippen MR) is 138 cm³/mol. The van der Waals surface area contributed by atoms with E-state index in [9.17, 15) is 4.57 Å². The maximum atomic E-state index is 13.5. The number of rotatable bonds is 2. The number of hydrogen-bond donors (Lipinski definition) is 0. The van der Waals surface area contributed by atoms with Gasteiger partial charge in [0.25, 0.3) is 0 Å². The van der Waals surface area contributed by atoms with E-state index in [2.05, 4.69) is 52.0 Å². The summed E-state index contributed by atoms with van der Waals surface area (Å²) in [4.78, 5) is 7.94. The summed E-state index contributed by atoms with van der Waals surface area (Å²) in [5.74, 6) is 0. The van der Waals surface area contributed by atoms with Crippen molar-refractivity contribution in [3.05, 3.63) is 55.9 Å². The van der Waals surface area contributed by atoms with E-state index in [1.165, 1.54) is 55.4 Å². The third-order valence-electron chi connectivity index (χ3n) is 5.67. The standard InChI is InChI=1S/C24H18OPS4/c1-11-9-16(13(3)27-11)19-21(17-10-12(2)28-14(17)4)29-24-20-22(30-23(19)24)15-7-5-6-8-18(15)26(20)25/h5-10H,1-4H3/q+1. The van der Waals surface area contributed by atoms with Crippen molar-refractivity contribution in [2.24, 2.45) is 0 Å². The van der Waals surface area contributed by atoms with Crippen molar-refractivity contribution >= 4 is 73.2 Å². The number of thiophene rings is 4.